The average molecular weight is 467 g/mol. The van der Waals surface area contributed by atoms with E-state index in [4.69, 9.17) is 22.8 Å². The van der Waals surface area contributed by atoms with E-state index in [-0.39, 0.29) is 18.1 Å². The van der Waals surface area contributed by atoms with Gasteiger partial charge >= 0.3 is 5.43 Å². The van der Waals surface area contributed by atoms with Crippen LogP contribution >= 0.6 is 11.6 Å². The van der Waals surface area contributed by atoms with Crippen molar-refractivity contribution < 1.29 is 19.4 Å². The third kappa shape index (κ3) is 16.1. The number of phenols is 1. The number of phenolic OH excluding ortho intramolecular Hbond substituents is 1. The van der Waals surface area contributed by atoms with Crippen molar-refractivity contribution in [1.29, 1.82) is 0 Å². The van der Waals surface area contributed by atoms with Crippen LogP contribution in [0.2, 0.25) is 0 Å². The van der Waals surface area contributed by atoms with Crippen LogP contribution < -0.4 is 4.74 Å². The molecule has 0 saturated carbocycles. The van der Waals surface area contributed by atoms with E-state index in [1.54, 1.807) is 0 Å². The minimum atomic E-state index is -0.961. The fourth-order valence-electron chi connectivity index (χ4n) is 1.60. The second-order valence-electron chi connectivity index (χ2n) is 5.08. The lowest BCUT2D eigenvalue weighted by atomic mass is 10.2. The molecule has 0 amide bonds. The van der Waals surface area contributed by atoms with Gasteiger partial charge in [0.25, 0.3) is 0 Å². The molecule has 1 aromatic rings. The number of aromatic hydroxyl groups is 1. The van der Waals surface area contributed by atoms with E-state index in [2.05, 4.69) is 129 Å². The third-order valence-electron chi connectivity index (χ3n) is 2.72. The number of benzene rings is 1. The second kappa shape index (κ2) is 18.5. The predicted molar refractivity (Wildman–Crippen MR) is 131 cm³/mol. The molecule has 1 rings (SSSR count). The molecular weight excluding hydrogens is 460 g/mol. The van der Waals surface area contributed by atoms with Crippen molar-refractivity contribution >= 4 is 17.0 Å². The quantitative estimate of drug-likeness (QED) is 0.548. The number of terminal acetylenes is 1. The molecule has 1 aromatic carbocycles. The highest BCUT2D eigenvalue weighted by atomic mass is 35.5. The minimum absolute atomic E-state index is 0.0956. The van der Waals surface area contributed by atoms with Crippen molar-refractivity contribution in [3.63, 3.8) is 0 Å². The van der Waals surface area contributed by atoms with Gasteiger partial charge < -0.3 is 14.6 Å². The molecule has 0 heterocycles. The molecule has 158 valence electrons. The van der Waals surface area contributed by atoms with Crippen molar-refractivity contribution in [1.82, 2.24) is 0 Å². The van der Waals surface area contributed by atoms with Gasteiger partial charge in [-0.3, -0.25) is 0 Å². The molecule has 0 aliphatic carbocycles. The molecule has 0 aromatic heterocycles. The highest BCUT2D eigenvalue weighted by Gasteiger charge is 2.03. The Morgan fingerprint density at radius 3 is 1.57 bits per heavy atom. The Morgan fingerprint density at radius 2 is 1.14 bits per heavy atom. The summed E-state index contributed by atoms with van der Waals surface area (Å²) in [6, 6.07) is 4.23. The Labute approximate surface area is 209 Å². The van der Waals surface area contributed by atoms with Crippen LogP contribution in [0.25, 0.3) is 0 Å². The summed E-state index contributed by atoms with van der Waals surface area (Å²) in [4.78, 5) is 10.6. The summed E-state index contributed by atoms with van der Waals surface area (Å²) in [6.45, 7) is -0.126. The topological polar surface area (TPSA) is 55.8 Å². The first kappa shape index (κ1) is 26.8. The van der Waals surface area contributed by atoms with Crippen molar-refractivity contribution in [2.75, 3.05) is 0 Å². The third-order valence-corrected chi connectivity index (χ3v) is 2.83. The number of carbonyl (C=O) groups is 1. The zero-order valence-corrected chi connectivity index (χ0v) is 18.3. The van der Waals surface area contributed by atoms with Gasteiger partial charge in [0, 0.05) is 88.7 Å². The maximum Gasteiger partial charge on any atom is 0.404 e. The molecule has 35 heavy (non-hydrogen) atoms. The monoisotopic (exact) mass is 466 g/mol. The molecule has 1 N–H and O–H groups in total. The number of ether oxygens (including phenoxy) is 2. The largest absolute Gasteiger partial charge is 0.508 e. The molecule has 0 radical (unpaired) electrons. The highest BCUT2D eigenvalue weighted by molar-refractivity contribution is 6.61. The summed E-state index contributed by atoms with van der Waals surface area (Å²) in [5.74, 6) is 48.8. The van der Waals surface area contributed by atoms with Crippen LogP contribution in [-0.2, 0) is 11.3 Å². The first-order chi connectivity index (χ1) is 17.1. The lowest BCUT2D eigenvalue weighted by molar-refractivity contribution is 0.167. The molecule has 0 bridgehead atoms. The summed E-state index contributed by atoms with van der Waals surface area (Å²) in [5, 5.41) is 9.63. The molecule has 5 heteroatoms. The van der Waals surface area contributed by atoms with Crippen LogP contribution in [0.4, 0.5) is 4.79 Å². The van der Waals surface area contributed by atoms with E-state index < -0.39 is 5.43 Å². The number of hydrogen-bond donors (Lipinski definition) is 1. The van der Waals surface area contributed by atoms with Gasteiger partial charge in [-0.2, -0.15) is 0 Å². The van der Waals surface area contributed by atoms with Crippen LogP contribution in [0.1, 0.15) is 5.56 Å². The summed E-state index contributed by atoms with van der Waals surface area (Å²) >= 11 is 5.10. The van der Waals surface area contributed by atoms with Crippen LogP contribution in [0.3, 0.4) is 0 Å². The molecule has 4 nitrogen and oxygen atoms in total. The molecule has 0 fully saturated rings. The van der Waals surface area contributed by atoms with Gasteiger partial charge in [-0.1, -0.05) is 0 Å². The molecule has 0 atom stereocenters. The Balaban J connectivity index is 2.50. The van der Waals surface area contributed by atoms with Crippen LogP contribution in [0.5, 0.6) is 11.5 Å². The molecule has 0 saturated heterocycles. The van der Waals surface area contributed by atoms with E-state index in [0.29, 0.717) is 5.56 Å². The van der Waals surface area contributed by atoms with E-state index in [1.165, 1.54) is 18.2 Å². The Morgan fingerprint density at radius 1 is 0.714 bits per heavy atom. The summed E-state index contributed by atoms with van der Waals surface area (Å²) < 4.78 is 9.76. The second-order valence-corrected chi connectivity index (χ2v) is 5.39. The van der Waals surface area contributed by atoms with E-state index >= 15 is 0 Å². The summed E-state index contributed by atoms with van der Waals surface area (Å²) in [7, 11) is 0. The maximum atomic E-state index is 10.6. The smallest absolute Gasteiger partial charge is 0.404 e. The Kier molecular flexibility index (Phi) is 14.2. The fraction of sp³-hybridized carbons (Fsp3) is 0.0333. The van der Waals surface area contributed by atoms with E-state index in [0.717, 1.165) is 0 Å². The van der Waals surface area contributed by atoms with Crippen LogP contribution in [0.15, 0.2) is 18.2 Å². The predicted octanol–water partition coefficient (Wildman–Crippen LogP) is 2.27. The first-order valence-electron chi connectivity index (χ1n) is 8.89. The SMILES string of the molecule is C#CC#CC#CC#CC#CC#CC#CC#CC#CC#CC#COc1cc(O)cc(COC(=O)Cl)c1. The van der Waals surface area contributed by atoms with Gasteiger partial charge in [0.05, 0.1) is 0 Å². The van der Waals surface area contributed by atoms with Crippen molar-refractivity contribution in [3.8, 4) is 142 Å². The zero-order valence-electron chi connectivity index (χ0n) is 17.6. The molecule has 0 unspecified atom stereocenters. The average Bonchev–Trinajstić information content (AvgIpc) is 2.83. The van der Waals surface area contributed by atoms with Gasteiger partial charge in [0.15, 0.2) is 0 Å². The number of carbonyl (C=O) groups excluding carboxylic acids is 1. The van der Waals surface area contributed by atoms with Crippen molar-refractivity contribution in [3.05, 3.63) is 23.8 Å². The normalized spacial score (nSPS) is 6.17. The summed E-state index contributed by atoms with van der Waals surface area (Å²) in [5.41, 5.74) is -0.496. The lowest BCUT2D eigenvalue weighted by Crippen LogP contribution is -1.95. The highest BCUT2D eigenvalue weighted by Crippen LogP contribution is 2.22. The molecular formula is C30H7ClO4. The van der Waals surface area contributed by atoms with Crippen molar-refractivity contribution in [2.45, 2.75) is 6.61 Å². The van der Waals surface area contributed by atoms with Gasteiger partial charge in [-0.05, 0) is 65.1 Å². The van der Waals surface area contributed by atoms with Crippen LogP contribution in [0, 0.1) is 131 Å². The standard InChI is InChI=1S/C30H7ClO4/c1-2-3-4-5-6-7-8-9-10-11-12-13-14-15-16-17-18-19-20-21-22-34-29-24-27(23-28(32)25-29)26-35-30(31)33/h1,23-25,32H,26H2. The molecule has 0 aliphatic rings. The summed E-state index contributed by atoms with van der Waals surface area (Å²) in [6.07, 6.45) is 7.25. The number of hydrogen-bond acceptors (Lipinski definition) is 4. The number of rotatable bonds is 3. The zero-order chi connectivity index (χ0) is 25.4. The fourth-order valence-corrected chi connectivity index (χ4v) is 1.66. The molecule has 0 spiro atoms. The first-order valence-corrected chi connectivity index (χ1v) is 9.27. The van der Waals surface area contributed by atoms with E-state index in [1.807, 2.05) is 0 Å². The van der Waals surface area contributed by atoms with Gasteiger partial charge in [0.1, 0.15) is 24.2 Å². The maximum absolute atomic E-state index is 10.6. The van der Waals surface area contributed by atoms with E-state index in [9.17, 15) is 9.90 Å². The Hall–Kier alpha value is -6.26. The minimum Gasteiger partial charge on any atom is -0.508 e. The van der Waals surface area contributed by atoms with Crippen LogP contribution in [-0.4, -0.2) is 10.5 Å². The lowest BCUT2D eigenvalue weighted by Gasteiger charge is -2.04. The van der Waals surface area contributed by atoms with Crippen molar-refractivity contribution in [2.24, 2.45) is 0 Å². The van der Waals surface area contributed by atoms with Gasteiger partial charge in [0.2, 0.25) is 0 Å². The van der Waals surface area contributed by atoms with Gasteiger partial charge in [-0.15, -0.1) is 6.42 Å². The Bertz CT molecular complexity index is 1670. The molecule has 0 aliphatic heterocycles. The number of halogens is 1. The van der Waals surface area contributed by atoms with Gasteiger partial charge in [-0.25, -0.2) is 4.79 Å².